The number of thiazole rings is 1. The van der Waals surface area contributed by atoms with Gasteiger partial charge in [-0.3, -0.25) is 0 Å². The quantitative estimate of drug-likeness (QED) is 0.837. The van der Waals surface area contributed by atoms with Gasteiger partial charge in [0.05, 0.1) is 17.7 Å². The van der Waals surface area contributed by atoms with E-state index in [0.29, 0.717) is 24.4 Å². The van der Waals surface area contributed by atoms with Crippen molar-refractivity contribution >= 4 is 29.2 Å². The Labute approximate surface area is 129 Å². The summed E-state index contributed by atoms with van der Waals surface area (Å²) in [5.74, 6) is 1.91. The molecule has 1 N–H and O–H groups in total. The Morgan fingerprint density at radius 2 is 1.86 bits per heavy atom. The molecule has 0 unspecified atom stereocenters. The number of anilines is 3. The van der Waals surface area contributed by atoms with E-state index in [0.717, 1.165) is 18.8 Å². The molecule has 114 valence electrons. The van der Waals surface area contributed by atoms with E-state index in [1.165, 1.54) is 0 Å². The summed E-state index contributed by atoms with van der Waals surface area (Å²) in [5.41, 5.74) is 2.84. The summed E-state index contributed by atoms with van der Waals surface area (Å²) in [6.45, 7) is 6.57. The maximum atomic E-state index is 4.57. The molecule has 0 spiro atoms. The van der Waals surface area contributed by atoms with E-state index in [2.05, 4.69) is 44.0 Å². The van der Waals surface area contributed by atoms with E-state index < -0.39 is 0 Å². The van der Waals surface area contributed by atoms with Crippen LogP contribution in [-0.4, -0.2) is 47.1 Å². The van der Waals surface area contributed by atoms with Gasteiger partial charge in [0.2, 0.25) is 17.8 Å². The second-order valence-corrected chi connectivity index (χ2v) is 5.24. The molecule has 2 aromatic rings. The molecular formula is C13H21N7S. The van der Waals surface area contributed by atoms with Crippen molar-refractivity contribution in [2.24, 2.45) is 0 Å². The SMILES string of the molecule is CCN(CC)c1nc(NC)nc(N(C)Cc2cscn2)n1. The lowest BCUT2D eigenvalue weighted by atomic mass is 10.4. The summed E-state index contributed by atoms with van der Waals surface area (Å²) in [6.07, 6.45) is 0. The molecule has 2 heterocycles. The van der Waals surface area contributed by atoms with Crippen LogP contribution >= 0.6 is 11.3 Å². The Morgan fingerprint density at radius 1 is 1.14 bits per heavy atom. The van der Waals surface area contributed by atoms with Crippen LogP contribution in [0.25, 0.3) is 0 Å². The number of aromatic nitrogens is 4. The van der Waals surface area contributed by atoms with Crippen LogP contribution in [0.3, 0.4) is 0 Å². The Balaban J connectivity index is 2.27. The molecule has 0 aliphatic carbocycles. The third-order valence-corrected chi connectivity index (χ3v) is 3.74. The molecule has 8 heteroatoms. The zero-order chi connectivity index (χ0) is 15.2. The number of nitrogens with zero attached hydrogens (tertiary/aromatic N) is 6. The predicted octanol–water partition coefficient (Wildman–Crippen LogP) is 1.85. The van der Waals surface area contributed by atoms with E-state index >= 15 is 0 Å². The molecule has 2 aromatic heterocycles. The standard InChI is InChI=1S/C13H21N7S/c1-5-20(6-2)13-17-11(14-3)16-12(18-13)19(4)7-10-8-21-9-15-10/h8-9H,5-7H2,1-4H3,(H,14,16,17,18). The predicted molar refractivity (Wildman–Crippen MR) is 87.2 cm³/mol. The minimum atomic E-state index is 0.576. The Bertz CT molecular complexity index is 554. The van der Waals surface area contributed by atoms with Gasteiger partial charge in [0.25, 0.3) is 0 Å². The van der Waals surface area contributed by atoms with E-state index in [-0.39, 0.29) is 0 Å². The van der Waals surface area contributed by atoms with Crippen LogP contribution in [-0.2, 0) is 6.54 Å². The highest BCUT2D eigenvalue weighted by molar-refractivity contribution is 7.07. The second-order valence-electron chi connectivity index (χ2n) is 4.52. The van der Waals surface area contributed by atoms with Gasteiger partial charge in [0.15, 0.2) is 0 Å². The fourth-order valence-corrected chi connectivity index (χ4v) is 2.46. The first-order chi connectivity index (χ1) is 10.2. The van der Waals surface area contributed by atoms with Gasteiger partial charge in [0, 0.05) is 32.6 Å². The average molecular weight is 307 g/mol. The molecule has 0 aliphatic heterocycles. The fourth-order valence-electron chi connectivity index (χ4n) is 1.91. The lowest BCUT2D eigenvalue weighted by Gasteiger charge is -2.22. The lowest BCUT2D eigenvalue weighted by Crippen LogP contribution is -2.27. The van der Waals surface area contributed by atoms with Crippen molar-refractivity contribution in [1.29, 1.82) is 0 Å². The van der Waals surface area contributed by atoms with Crippen molar-refractivity contribution in [3.05, 3.63) is 16.6 Å². The maximum absolute atomic E-state index is 4.57. The normalized spacial score (nSPS) is 10.5. The molecule has 0 bridgehead atoms. The summed E-state index contributed by atoms with van der Waals surface area (Å²) < 4.78 is 0. The molecule has 2 rings (SSSR count). The molecule has 0 atom stereocenters. The van der Waals surface area contributed by atoms with Crippen molar-refractivity contribution in [1.82, 2.24) is 19.9 Å². The highest BCUT2D eigenvalue weighted by Gasteiger charge is 2.14. The largest absolute Gasteiger partial charge is 0.357 e. The molecule has 0 aliphatic rings. The van der Waals surface area contributed by atoms with Crippen molar-refractivity contribution < 1.29 is 0 Å². The lowest BCUT2D eigenvalue weighted by molar-refractivity contribution is 0.789. The fraction of sp³-hybridized carbons (Fsp3) is 0.538. The van der Waals surface area contributed by atoms with Crippen LogP contribution in [0.4, 0.5) is 17.8 Å². The van der Waals surface area contributed by atoms with Crippen LogP contribution in [0.15, 0.2) is 10.9 Å². The van der Waals surface area contributed by atoms with Gasteiger partial charge in [-0.05, 0) is 13.8 Å². The number of hydrogen-bond donors (Lipinski definition) is 1. The van der Waals surface area contributed by atoms with Crippen LogP contribution in [0.1, 0.15) is 19.5 Å². The first-order valence-corrected chi connectivity index (χ1v) is 7.89. The van der Waals surface area contributed by atoms with Gasteiger partial charge >= 0.3 is 0 Å². The van der Waals surface area contributed by atoms with Crippen molar-refractivity contribution in [3.63, 3.8) is 0 Å². The molecule has 0 radical (unpaired) electrons. The van der Waals surface area contributed by atoms with Crippen LogP contribution < -0.4 is 15.1 Å². The second kappa shape index (κ2) is 7.16. The zero-order valence-corrected chi connectivity index (χ0v) is 13.7. The van der Waals surface area contributed by atoms with Crippen LogP contribution in [0.5, 0.6) is 0 Å². The molecule has 0 fully saturated rings. The minimum absolute atomic E-state index is 0.576. The first kappa shape index (κ1) is 15.4. The van der Waals surface area contributed by atoms with E-state index in [9.17, 15) is 0 Å². The molecule has 21 heavy (non-hydrogen) atoms. The first-order valence-electron chi connectivity index (χ1n) is 6.94. The Hall–Kier alpha value is -1.96. The molecule has 7 nitrogen and oxygen atoms in total. The zero-order valence-electron chi connectivity index (χ0n) is 12.9. The minimum Gasteiger partial charge on any atom is -0.357 e. The molecule has 0 aromatic carbocycles. The van der Waals surface area contributed by atoms with Crippen LogP contribution in [0, 0.1) is 0 Å². The van der Waals surface area contributed by atoms with Gasteiger partial charge < -0.3 is 15.1 Å². The third kappa shape index (κ3) is 3.78. The molecular weight excluding hydrogens is 286 g/mol. The number of hydrogen-bond acceptors (Lipinski definition) is 8. The number of rotatable bonds is 7. The summed E-state index contributed by atoms with van der Waals surface area (Å²) >= 11 is 1.59. The molecule has 0 amide bonds. The summed E-state index contributed by atoms with van der Waals surface area (Å²) in [5, 5.41) is 5.03. The van der Waals surface area contributed by atoms with Crippen molar-refractivity contribution in [2.75, 3.05) is 42.3 Å². The highest BCUT2D eigenvalue weighted by Crippen LogP contribution is 2.17. The topological polar surface area (TPSA) is 70.1 Å². The average Bonchev–Trinajstić information content (AvgIpc) is 3.01. The third-order valence-electron chi connectivity index (χ3n) is 3.11. The molecule has 0 saturated heterocycles. The van der Waals surface area contributed by atoms with E-state index in [4.69, 9.17) is 0 Å². The molecule has 0 saturated carbocycles. The number of nitrogens with one attached hydrogen (secondary N) is 1. The Kier molecular flexibility index (Phi) is 5.26. The van der Waals surface area contributed by atoms with Gasteiger partial charge in [0.1, 0.15) is 0 Å². The van der Waals surface area contributed by atoms with Crippen LogP contribution in [0.2, 0.25) is 0 Å². The van der Waals surface area contributed by atoms with E-state index in [1.807, 2.05) is 29.9 Å². The van der Waals surface area contributed by atoms with Crippen molar-refractivity contribution in [3.8, 4) is 0 Å². The van der Waals surface area contributed by atoms with E-state index in [1.54, 1.807) is 11.3 Å². The van der Waals surface area contributed by atoms with Crippen molar-refractivity contribution in [2.45, 2.75) is 20.4 Å². The van der Waals surface area contributed by atoms with Gasteiger partial charge in [-0.15, -0.1) is 11.3 Å². The smallest absolute Gasteiger partial charge is 0.232 e. The van der Waals surface area contributed by atoms with Gasteiger partial charge in [-0.2, -0.15) is 15.0 Å². The summed E-state index contributed by atoms with van der Waals surface area (Å²) in [7, 11) is 3.77. The van der Waals surface area contributed by atoms with Gasteiger partial charge in [-0.25, -0.2) is 4.98 Å². The Morgan fingerprint density at radius 3 is 2.43 bits per heavy atom. The highest BCUT2D eigenvalue weighted by atomic mass is 32.1. The van der Waals surface area contributed by atoms with Gasteiger partial charge in [-0.1, -0.05) is 0 Å². The monoisotopic (exact) mass is 307 g/mol. The summed E-state index contributed by atoms with van der Waals surface area (Å²) in [6, 6.07) is 0. The summed E-state index contributed by atoms with van der Waals surface area (Å²) in [4.78, 5) is 21.8. The maximum Gasteiger partial charge on any atom is 0.232 e.